The van der Waals surface area contributed by atoms with E-state index in [-0.39, 0.29) is 18.3 Å². The minimum Gasteiger partial charge on any atom is -0.480 e. The van der Waals surface area contributed by atoms with Crippen molar-refractivity contribution in [2.75, 3.05) is 0 Å². The number of benzene rings is 2. The lowest BCUT2D eigenvalue weighted by molar-refractivity contribution is -0.127. The number of hydrogen-bond donors (Lipinski definition) is 1. The maximum Gasteiger partial charge on any atom is 0.261 e. The molecule has 3 aromatic rings. The molecule has 0 saturated heterocycles. The molecule has 8 heteroatoms. The van der Waals surface area contributed by atoms with Crippen LogP contribution in [-0.4, -0.2) is 21.8 Å². The summed E-state index contributed by atoms with van der Waals surface area (Å²) in [5, 5.41) is 6.96. The van der Waals surface area contributed by atoms with Crippen LogP contribution in [0.4, 0.5) is 8.78 Å². The molecule has 1 amide bonds. The zero-order valence-corrected chi connectivity index (χ0v) is 15.9. The van der Waals surface area contributed by atoms with E-state index in [1.165, 1.54) is 28.9 Å². The third-order valence-electron chi connectivity index (χ3n) is 3.75. The summed E-state index contributed by atoms with van der Waals surface area (Å²) in [5.74, 6) is -0.783. The second kappa shape index (κ2) is 8.30. The first-order valence-corrected chi connectivity index (χ1v) is 8.92. The zero-order chi connectivity index (χ0) is 19.4. The molecule has 0 bridgehead atoms. The predicted octanol–water partition coefficient (Wildman–Crippen LogP) is 4.00. The average molecular weight is 436 g/mol. The van der Waals surface area contributed by atoms with Crippen molar-refractivity contribution >= 4 is 21.8 Å². The van der Waals surface area contributed by atoms with Crippen LogP contribution < -0.4 is 10.1 Å². The van der Waals surface area contributed by atoms with Crippen LogP contribution in [0.2, 0.25) is 0 Å². The molecule has 0 aliphatic heterocycles. The second-order valence-electron chi connectivity index (χ2n) is 5.76. The van der Waals surface area contributed by atoms with E-state index in [1.807, 2.05) is 0 Å². The van der Waals surface area contributed by atoms with Gasteiger partial charge in [-0.3, -0.25) is 4.79 Å². The average Bonchev–Trinajstić information content (AvgIpc) is 3.11. The van der Waals surface area contributed by atoms with Gasteiger partial charge in [0.15, 0.2) is 6.10 Å². The molecule has 1 heterocycles. The molecule has 1 atom stereocenters. The van der Waals surface area contributed by atoms with Gasteiger partial charge in [-0.25, -0.2) is 13.5 Å². The zero-order valence-electron chi connectivity index (χ0n) is 14.3. The van der Waals surface area contributed by atoms with Crippen LogP contribution in [0.25, 0.3) is 5.69 Å². The fourth-order valence-electron chi connectivity index (χ4n) is 2.36. The van der Waals surface area contributed by atoms with Gasteiger partial charge in [0, 0.05) is 6.20 Å². The smallest absolute Gasteiger partial charge is 0.261 e. The van der Waals surface area contributed by atoms with E-state index >= 15 is 0 Å². The first-order chi connectivity index (χ1) is 12.9. The number of halogens is 3. The quantitative estimate of drug-likeness (QED) is 0.636. The van der Waals surface area contributed by atoms with Gasteiger partial charge in [0.05, 0.1) is 16.7 Å². The molecule has 27 heavy (non-hydrogen) atoms. The number of hydrogen-bond acceptors (Lipinski definition) is 3. The van der Waals surface area contributed by atoms with Crippen LogP contribution in [0.5, 0.6) is 5.75 Å². The number of carbonyl (C=O) groups is 1. The number of aromatic nitrogens is 2. The lowest BCUT2D eigenvalue weighted by Gasteiger charge is -2.15. The van der Waals surface area contributed by atoms with Crippen LogP contribution in [0.15, 0.2) is 59.2 Å². The predicted molar refractivity (Wildman–Crippen MR) is 99.6 cm³/mol. The Labute approximate surface area is 163 Å². The number of para-hydroxylation sites is 1. The summed E-state index contributed by atoms with van der Waals surface area (Å²) in [5.41, 5.74) is 0.898. The largest absolute Gasteiger partial charge is 0.480 e. The number of nitrogens with zero attached hydrogens (tertiary/aromatic N) is 2. The number of rotatable bonds is 6. The van der Waals surface area contributed by atoms with Crippen LogP contribution in [0.3, 0.4) is 0 Å². The van der Waals surface area contributed by atoms with E-state index in [9.17, 15) is 13.6 Å². The van der Waals surface area contributed by atoms with Gasteiger partial charge >= 0.3 is 0 Å². The van der Waals surface area contributed by atoms with Crippen molar-refractivity contribution in [2.24, 2.45) is 0 Å². The summed E-state index contributed by atoms with van der Waals surface area (Å²) in [6.45, 7) is 1.75. The Bertz CT molecular complexity index is 962. The topological polar surface area (TPSA) is 56.1 Å². The number of amides is 1. The first-order valence-electron chi connectivity index (χ1n) is 8.13. The first kappa shape index (κ1) is 19.0. The Balaban J connectivity index is 1.58. The van der Waals surface area contributed by atoms with Gasteiger partial charge in [0.1, 0.15) is 23.1 Å². The molecule has 0 radical (unpaired) electrons. The molecule has 0 aliphatic rings. The third-order valence-corrected chi connectivity index (χ3v) is 4.37. The van der Waals surface area contributed by atoms with Crippen molar-refractivity contribution in [2.45, 2.75) is 19.6 Å². The van der Waals surface area contributed by atoms with Crippen molar-refractivity contribution in [3.63, 3.8) is 0 Å². The van der Waals surface area contributed by atoms with E-state index in [0.717, 1.165) is 0 Å². The monoisotopic (exact) mass is 435 g/mol. The molecule has 140 valence electrons. The van der Waals surface area contributed by atoms with Gasteiger partial charge in [0.2, 0.25) is 0 Å². The Kier molecular flexibility index (Phi) is 5.85. The maximum atomic E-state index is 13.8. The highest BCUT2D eigenvalue weighted by Gasteiger charge is 2.16. The van der Waals surface area contributed by atoms with Crippen molar-refractivity contribution in [3.05, 3.63) is 76.5 Å². The van der Waals surface area contributed by atoms with Crippen molar-refractivity contribution < 1.29 is 18.3 Å². The van der Waals surface area contributed by atoms with E-state index in [0.29, 0.717) is 21.6 Å². The molecule has 1 N–H and O–H groups in total. The lowest BCUT2D eigenvalue weighted by Crippen LogP contribution is -2.36. The van der Waals surface area contributed by atoms with E-state index in [2.05, 4.69) is 26.3 Å². The number of nitrogens with one attached hydrogen (secondary N) is 1. The summed E-state index contributed by atoms with van der Waals surface area (Å²) < 4.78 is 34.3. The Morgan fingerprint density at radius 3 is 2.78 bits per heavy atom. The minimum absolute atomic E-state index is 0.165. The van der Waals surface area contributed by atoms with E-state index in [4.69, 9.17) is 4.74 Å². The van der Waals surface area contributed by atoms with E-state index < -0.39 is 11.9 Å². The van der Waals surface area contributed by atoms with Gasteiger partial charge in [0.25, 0.3) is 5.91 Å². The highest BCUT2D eigenvalue weighted by molar-refractivity contribution is 9.10. The molecule has 0 fully saturated rings. The Hall–Kier alpha value is -2.74. The minimum atomic E-state index is -0.791. The fraction of sp³-hybridized carbons (Fsp3) is 0.158. The van der Waals surface area contributed by atoms with Gasteiger partial charge in [-0.05, 0) is 59.3 Å². The van der Waals surface area contributed by atoms with Crippen LogP contribution in [0, 0.1) is 11.6 Å². The molecular formula is C19H16BrF2N3O2. The molecular weight excluding hydrogens is 420 g/mol. The molecule has 0 aliphatic carbocycles. The van der Waals surface area contributed by atoms with Crippen LogP contribution in [-0.2, 0) is 11.3 Å². The summed E-state index contributed by atoms with van der Waals surface area (Å²) >= 11 is 3.19. The normalized spacial score (nSPS) is 11.9. The van der Waals surface area contributed by atoms with Gasteiger partial charge in [-0.2, -0.15) is 5.10 Å². The molecule has 0 spiro atoms. The summed E-state index contributed by atoms with van der Waals surface area (Å²) in [6.07, 6.45) is 0.829. The van der Waals surface area contributed by atoms with Crippen molar-refractivity contribution in [3.8, 4) is 11.4 Å². The van der Waals surface area contributed by atoms with Crippen molar-refractivity contribution in [1.82, 2.24) is 15.1 Å². The fourth-order valence-corrected chi connectivity index (χ4v) is 2.81. The number of carbonyl (C=O) groups excluding carboxylic acids is 1. The summed E-state index contributed by atoms with van der Waals surface area (Å²) in [6, 6.07) is 11.9. The van der Waals surface area contributed by atoms with E-state index in [1.54, 1.807) is 37.4 Å². The molecule has 1 unspecified atom stereocenters. The number of ether oxygens (including phenoxy) is 1. The lowest BCUT2D eigenvalue weighted by atomic mass is 10.3. The highest BCUT2D eigenvalue weighted by atomic mass is 79.9. The van der Waals surface area contributed by atoms with Crippen LogP contribution >= 0.6 is 15.9 Å². The summed E-state index contributed by atoms with van der Waals surface area (Å²) in [7, 11) is 0. The molecule has 0 saturated carbocycles. The van der Waals surface area contributed by atoms with Gasteiger partial charge in [-0.15, -0.1) is 0 Å². The highest BCUT2D eigenvalue weighted by Crippen LogP contribution is 2.26. The summed E-state index contributed by atoms with van der Waals surface area (Å²) in [4.78, 5) is 12.2. The Morgan fingerprint density at radius 2 is 2.04 bits per heavy atom. The SMILES string of the molecule is CC(Oc1ccc(F)cc1Br)C(=O)NCc1ccn(-c2ccccc2F)n1. The van der Waals surface area contributed by atoms with Crippen LogP contribution in [0.1, 0.15) is 12.6 Å². The maximum absolute atomic E-state index is 13.8. The second-order valence-corrected chi connectivity index (χ2v) is 6.61. The van der Waals surface area contributed by atoms with Gasteiger partial charge < -0.3 is 10.1 Å². The standard InChI is InChI=1S/C19H16BrF2N3O2/c1-12(27-18-7-6-13(21)10-15(18)20)19(26)23-11-14-8-9-25(24-14)17-5-3-2-4-16(17)22/h2-10,12H,11H2,1H3,(H,23,26). The molecule has 5 nitrogen and oxygen atoms in total. The molecule has 1 aromatic heterocycles. The molecule has 3 rings (SSSR count). The van der Waals surface area contributed by atoms with Crippen molar-refractivity contribution in [1.29, 1.82) is 0 Å². The Morgan fingerprint density at radius 1 is 1.26 bits per heavy atom. The van der Waals surface area contributed by atoms with Gasteiger partial charge in [-0.1, -0.05) is 12.1 Å². The third kappa shape index (κ3) is 4.71. The molecule has 2 aromatic carbocycles.